The number of aromatic nitrogens is 1. The van der Waals surface area contributed by atoms with Crippen LogP contribution in [0.1, 0.15) is 16.1 Å². The van der Waals surface area contributed by atoms with Gasteiger partial charge in [0.05, 0.1) is 27.3 Å². The Morgan fingerprint density at radius 1 is 1.62 bits per heavy atom. The normalized spacial score (nSPS) is 10.2. The molecule has 108 valence electrons. The van der Waals surface area contributed by atoms with Crippen LogP contribution in [0, 0.1) is 21.8 Å². The van der Waals surface area contributed by atoms with Crippen molar-refractivity contribution in [1.29, 1.82) is 5.26 Å². The molecule has 0 bridgehead atoms. The first-order valence-corrected chi connectivity index (χ1v) is 9.00. The Bertz CT molecular complexity index is 727. The molecule has 1 aromatic heterocycles. The third-order valence-electron chi connectivity index (χ3n) is 2.42. The SMILES string of the molecule is Cc1nc(NC(=O)c2ccc(Cl)cc2I)sc1SCC#N. The molecule has 1 amide bonds. The monoisotopic (exact) mass is 449 g/mol. The summed E-state index contributed by atoms with van der Waals surface area (Å²) in [6.07, 6.45) is 0. The van der Waals surface area contributed by atoms with Crippen molar-refractivity contribution >= 4 is 68.3 Å². The van der Waals surface area contributed by atoms with Crippen LogP contribution in [-0.2, 0) is 0 Å². The zero-order valence-electron chi connectivity index (χ0n) is 10.8. The number of rotatable bonds is 4. The number of amides is 1. The van der Waals surface area contributed by atoms with E-state index in [-0.39, 0.29) is 5.91 Å². The Kier molecular flexibility index (Phi) is 5.87. The topological polar surface area (TPSA) is 65.8 Å². The van der Waals surface area contributed by atoms with Gasteiger partial charge >= 0.3 is 0 Å². The quantitative estimate of drug-likeness (QED) is 0.548. The highest BCUT2D eigenvalue weighted by Gasteiger charge is 2.14. The summed E-state index contributed by atoms with van der Waals surface area (Å²) in [6.45, 7) is 1.86. The molecule has 0 aliphatic heterocycles. The van der Waals surface area contributed by atoms with Gasteiger partial charge < -0.3 is 0 Å². The Labute approximate surface area is 149 Å². The fourth-order valence-electron chi connectivity index (χ4n) is 1.51. The molecule has 0 radical (unpaired) electrons. The molecule has 0 fully saturated rings. The molecule has 4 nitrogen and oxygen atoms in total. The first kappa shape index (κ1) is 16.5. The van der Waals surface area contributed by atoms with Gasteiger partial charge in [-0.15, -0.1) is 0 Å². The van der Waals surface area contributed by atoms with Crippen LogP contribution in [0.15, 0.2) is 22.4 Å². The van der Waals surface area contributed by atoms with Crippen LogP contribution in [0.3, 0.4) is 0 Å². The minimum Gasteiger partial charge on any atom is -0.298 e. The number of carbonyl (C=O) groups excluding carboxylic acids is 1. The van der Waals surface area contributed by atoms with Crippen molar-refractivity contribution in [3.8, 4) is 6.07 Å². The molecule has 21 heavy (non-hydrogen) atoms. The summed E-state index contributed by atoms with van der Waals surface area (Å²) in [5, 5.41) is 12.5. The van der Waals surface area contributed by atoms with Crippen molar-refractivity contribution in [1.82, 2.24) is 4.98 Å². The molecule has 0 aliphatic carbocycles. The molecule has 8 heteroatoms. The number of benzene rings is 1. The summed E-state index contributed by atoms with van der Waals surface area (Å²) in [6, 6.07) is 7.17. The average Bonchev–Trinajstić information content (AvgIpc) is 2.76. The molecule has 0 saturated carbocycles. The van der Waals surface area contributed by atoms with Crippen LogP contribution in [-0.4, -0.2) is 16.6 Å². The lowest BCUT2D eigenvalue weighted by Gasteiger charge is -2.04. The average molecular weight is 450 g/mol. The molecule has 0 saturated heterocycles. The van der Waals surface area contributed by atoms with Crippen LogP contribution >= 0.6 is 57.3 Å². The van der Waals surface area contributed by atoms with Crippen molar-refractivity contribution < 1.29 is 4.79 Å². The number of aryl methyl sites for hydroxylation is 1. The number of carbonyl (C=O) groups is 1. The van der Waals surface area contributed by atoms with E-state index in [2.05, 4.69) is 39.0 Å². The van der Waals surface area contributed by atoms with Gasteiger partial charge in [-0.05, 0) is 47.7 Å². The lowest BCUT2D eigenvalue weighted by molar-refractivity contribution is 0.102. The number of hydrogen-bond donors (Lipinski definition) is 1. The van der Waals surface area contributed by atoms with E-state index < -0.39 is 0 Å². The summed E-state index contributed by atoms with van der Waals surface area (Å²) >= 11 is 10.7. The third-order valence-corrected chi connectivity index (χ3v) is 5.85. The second-order valence-electron chi connectivity index (χ2n) is 3.92. The minimum absolute atomic E-state index is 0.221. The Morgan fingerprint density at radius 3 is 3.05 bits per heavy atom. The summed E-state index contributed by atoms with van der Waals surface area (Å²) in [5.41, 5.74) is 1.38. The number of nitrogens with one attached hydrogen (secondary N) is 1. The second kappa shape index (κ2) is 7.45. The van der Waals surface area contributed by atoms with Crippen LogP contribution in [0.2, 0.25) is 5.02 Å². The van der Waals surface area contributed by atoms with E-state index in [0.717, 1.165) is 13.5 Å². The predicted octanol–water partition coefficient (Wildman–Crippen LogP) is 4.58. The first-order valence-electron chi connectivity index (χ1n) is 5.75. The molecule has 0 spiro atoms. The fourth-order valence-corrected chi connectivity index (χ4v) is 4.42. The minimum atomic E-state index is -0.221. The summed E-state index contributed by atoms with van der Waals surface area (Å²) < 4.78 is 1.72. The number of anilines is 1. The van der Waals surface area contributed by atoms with Crippen LogP contribution in [0.5, 0.6) is 0 Å². The summed E-state index contributed by atoms with van der Waals surface area (Å²) in [4.78, 5) is 16.5. The highest BCUT2D eigenvalue weighted by atomic mass is 127. The highest BCUT2D eigenvalue weighted by molar-refractivity contribution is 14.1. The van der Waals surface area contributed by atoms with Gasteiger partial charge in [-0.1, -0.05) is 34.7 Å². The van der Waals surface area contributed by atoms with Gasteiger partial charge in [0.2, 0.25) is 0 Å². The standard InChI is InChI=1S/C13H9ClIN3OS2/c1-7-12(20-5-4-16)21-13(17-7)18-11(19)9-3-2-8(14)6-10(9)15/h2-3,6H,5H2,1H3,(H,17,18,19). The summed E-state index contributed by atoms with van der Waals surface area (Å²) in [5.74, 6) is 0.146. The zero-order chi connectivity index (χ0) is 15.4. The number of hydrogen-bond acceptors (Lipinski definition) is 5. The highest BCUT2D eigenvalue weighted by Crippen LogP contribution is 2.32. The van der Waals surface area contributed by atoms with Crippen molar-refractivity contribution in [2.75, 3.05) is 11.1 Å². The Hall–Kier alpha value is -0.820. The molecule has 0 unspecified atom stereocenters. The molecule has 0 aliphatic rings. The van der Waals surface area contributed by atoms with E-state index in [1.54, 1.807) is 18.2 Å². The number of thioether (sulfide) groups is 1. The van der Waals surface area contributed by atoms with E-state index in [1.165, 1.54) is 23.1 Å². The number of nitriles is 1. The van der Waals surface area contributed by atoms with E-state index in [4.69, 9.17) is 16.9 Å². The lowest BCUT2D eigenvalue weighted by Crippen LogP contribution is -2.13. The maximum atomic E-state index is 12.2. The van der Waals surface area contributed by atoms with Gasteiger partial charge in [0.1, 0.15) is 0 Å². The summed E-state index contributed by atoms with van der Waals surface area (Å²) in [7, 11) is 0. The van der Waals surface area contributed by atoms with E-state index >= 15 is 0 Å². The van der Waals surface area contributed by atoms with Crippen LogP contribution in [0.25, 0.3) is 0 Å². The maximum Gasteiger partial charge on any atom is 0.258 e. The first-order chi connectivity index (χ1) is 10.0. The van der Waals surface area contributed by atoms with Crippen LogP contribution in [0.4, 0.5) is 5.13 Å². The molecular weight excluding hydrogens is 441 g/mol. The van der Waals surface area contributed by atoms with Gasteiger partial charge in [0.15, 0.2) is 5.13 Å². The molecule has 2 aromatic rings. The zero-order valence-corrected chi connectivity index (χ0v) is 15.4. The molecule has 2 rings (SSSR count). The Balaban J connectivity index is 2.14. The molecule has 1 heterocycles. The molecule has 1 aromatic carbocycles. The van der Waals surface area contributed by atoms with Gasteiger partial charge in [-0.2, -0.15) is 5.26 Å². The van der Waals surface area contributed by atoms with Gasteiger partial charge in [-0.25, -0.2) is 4.98 Å². The predicted molar refractivity (Wildman–Crippen MR) is 95.3 cm³/mol. The fraction of sp³-hybridized carbons (Fsp3) is 0.154. The van der Waals surface area contributed by atoms with Crippen molar-refractivity contribution in [3.05, 3.63) is 38.0 Å². The maximum absolute atomic E-state index is 12.2. The van der Waals surface area contributed by atoms with Crippen molar-refractivity contribution in [3.63, 3.8) is 0 Å². The molecular formula is C13H9ClIN3OS2. The number of halogens is 2. The van der Waals surface area contributed by atoms with Crippen molar-refractivity contribution in [2.24, 2.45) is 0 Å². The number of thiazole rings is 1. The second-order valence-corrected chi connectivity index (χ2v) is 7.76. The van der Waals surface area contributed by atoms with Crippen LogP contribution < -0.4 is 5.32 Å². The third kappa shape index (κ3) is 4.32. The number of nitrogens with zero attached hydrogens (tertiary/aromatic N) is 2. The molecule has 1 N–H and O–H groups in total. The molecule has 0 atom stereocenters. The van der Waals surface area contributed by atoms with E-state index in [9.17, 15) is 4.79 Å². The van der Waals surface area contributed by atoms with Crippen molar-refractivity contribution in [2.45, 2.75) is 11.1 Å². The largest absolute Gasteiger partial charge is 0.298 e. The Morgan fingerprint density at radius 2 is 2.38 bits per heavy atom. The van der Waals surface area contributed by atoms with Gasteiger partial charge in [-0.3, -0.25) is 10.1 Å². The van der Waals surface area contributed by atoms with E-state index in [0.29, 0.717) is 21.5 Å². The smallest absolute Gasteiger partial charge is 0.258 e. The van der Waals surface area contributed by atoms with Gasteiger partial charge in [0.25, 0.3) is 5.91 Å². The lowest BCUT2D eigenvalue weighted by atomic mass is 10.2. The van der Waals surface area contributed by atoms with Gasteiger partial charge in [0, 0.05) is 8.59 Å². The van der Waals surface area contributed by atoms with E-state index in [1.807, 2.05) is 6.92 Å².